The summed E-state index contributed by atoms with van der Waals surface area (Å²) in [5.74, 6) is 2.38. The Kier molecular flexibility index (Phi) is 6.45. The highest BCUT2D eigenvalue weighted by Crippen LogP contribution is 2.42. The van der Waals surface area contributed by atoms with Gasteiger partial charge in [-0.1, -0.05) is 37.2 Å². The molecule has 6 heteroatoms. The third-order valence-electron chi connectivity index (χ3n) is 5.92. The Morgan fingerprint density at radius 3 is 2.58 bits per heavy atom. The van der Waals surface area contributed by atoms with E-state index in [2.05, 4.69) is 52.7 Å². The number of nitrogens with zero attached hydrogens (tertiary/aromatic N) is 2. The minimum absolute atomic E-state index is 0.524. The maximum Gasteiger partial charge on any atom is 0.211 e. The molecule has 170 valence electrons. The molecule has 2 N–H and O–H groups in total. The summed E-state index contributed by atoms with van der Waals surface area (Å²) >= 11 is 0. The van der Waals surface area contributed by atoms with Crippen LogP contribution in [0.15, 0.2) is 41.1 Å². The van der Waals surface area contributed by atoms with E-state index in [0.717, 1.165) is 61.7 Å². The van der Waals surface area contributed by atoms with Gasteiger partial charge in [0.15, 0.2) is 0 Å². The van der Waals surface area contributed by atoms with E-state index in [4.69, 9.17) is 9.51 Å². The van der Waals surface area contributed by atoms with Crippen LogP contribution in [0.3, 0.4) is 0 Å². The van der Waals surface area contributed by atoms with Gasteiger partial charge < -0.3 is 14.8 Å². The molecular weight excluding hydrogens is 412 g/mol. The van der Waals surface area contributed by atoms with Crippen LogP contribution in [-0.2, 0) is 4.79 Å². The summed E-state index contributed by atoms with van der Waals surface area (Å²) in [5.41, 5.74) is 9.18. The van der Waals surface area contributed by atoms with Crippen LogP contribution in [0.5, 0.6) is 0 Å². The molecule has 1 fully saturated rings. The van der Waals surface area contributed by atoms with Gasteiger partial charge >= 0.3 is 0 Å². The Morgan fingerprint density at radius 1 is 1.12 bits per heavy atom. The van der Waals surface area contributed by atoms with Crippen molar-refractivity contribution in [3.63, 3.8) is 0 Å². The minimum atomic E-state index is 0.524. The zero-order valence-electron chi connectivity index (χ0n) is 19.8. The number of amides is 1. The summed E-state index contributed by atoms with van der Waals surface area (Å²) in [6.45, 7) is 9.97. The molecule has 0 unspecified atom stereocenters. The van der Waals surface area contributed by atoms with E-state index >= 15 is 0 Å². The van der Waals surface area contributed by atoms with Crippen LogP contribution < -0.4 is 5.32 Å². The number of hydrogen-bond acceptors (Lipinski definition) is 4. The molecule has 0 bridgehead atoms. The zero-order chi connectivity index (χ0) is 23.5. The van der Waals surface area contributed by atoms with Crippen molar-refractivity contribution in [2.45, 2.75) is 53.4 Å². The number of carbonyl (C=O) groups is 1. The van der Waals surface area contributed by atoms with Crippen LogP contribution in [0.1, 0.15) is 61.0 Å². The Labute approximate surface area is 194 Å². The van der Waals surface area contributed by atoms with Crippen molar-refractivity contribution in [1.29, 1.82) is 0 Å². The van der Waals surface area contributed by atoms with E-state index in [0.29, 0.717) is 12.3 Å². The Balaban J connectivity index is 0.00000126. The topological polar surface area (TPSA) is 83.8 Å². The highest BCUT2D eigenvalue weighted by Gasteiger charge is 2.28. The van der Waals surface area contributed by atoms with Crippen LogP contribution in [0, 0.1) is 20.8 Å². The first kappa shape index (κ1) is 22.5. The number of aryl methyl sites for hydroxylation is 3. The molecule has 6 nitrogen and oxygen atoms in total. The highest BCUT2D eigenvalue weighted by molar-refractivity contribution is 5.98. The third-order valence-corrected chi connectivity index (χ3v) is 5.92. The number of H-pyrrole nitrogens is 1. The molecule has 4 aromatic rings. The van der Waals surface area contributed by atoms with E-state index in [9.17, 15) is 4.79 Å². The predicted octanol–water partition coefficient (Wildman–Crippen LogP) is 6.43. The third kappa shape index (κ3) is 4.33. The Hall–Kier alpha value is -3.67. The fraction of sp³-hybridized carbons (Fsp3) is 0.296. The van der Waals surface area contributed by atoms with E-state index in [1.807, 2.05) is 33.8 Å². The smallest absolute Gasteiger partial charge is 0.211 e. The largest absolute Gasteiger partial charge is 0.361 e. The summed E-state index contributed by atoms with van der Waals surface area (Å²) < 4.78 is 5.44. The molecule has 0 radical (unpaired) electrons. The summed E-state index contributed by atoms with van der Waals surface area (Å²) in [4.78, 5) is 19.3. The summed E-state index contributed by atoms with van der Waals surface area (Å²) in [6.07, 6.45) is 6.62. The lowest BCUT2D eigenvalue weighted by Crippen LogP contribution is -1.99. The standard InChI is InChI=1S/C25H24N4O2.C2H6/c1-14-5-4-6-20(19(14)9-10-26-13-30)21-11-18(23-15(2)29-31-16(23)3)12-22-24(21)28-25(27-22)17-7-8-17;1-2/h4-6,9-13,17H,7-8H2,1-3H3,(H,26,30)(H,27,28);1-2H3/b10-9-;. The fourth-order valence-corrected chi connectivity index (χ4v) is 4.24. The van der Waals surface area contributed by atoms with Crippen molar-refractivity contribution < 1.29 is 9.32 Å². The number of hydrogen-bond donors (Lipinski definition) is 2. The first-order valence-corrected chi connectivity index (χ1v) is 11.5. The Bertz CT molecular complexity index is 1310. The van der Waals surface area contributed by atoms with Crippen molar-refractivity contribution in [1.82, 2.24) is 20.4 Å². The monoisotopic (exact) mass is 442 g/mol. The molecule has 0 aliphatic heterocycles. The first-order valence-electron chi connectivity index (χ1n) is 11.5. The van der Waals surface area contributed by atoms with Crippen molar-refractivity contribution in [2.24, 2.45) is 0 Å². The molecular formula is C27H30N4O2. The number of rotatable bonds is 6. The second-order valence-corrected chi connectivity index (χ2v) is 8.17. The molecule has 33 heavy (non-hydrogen) atoms. The number of fused-ring (bicyclic) bond motifs is 1. The molecule has 1 aliphatic rings. The number of nitrogens with one attached hydrogen (secondary N) is 2. The van der Waals surface area contributed by atoms with Crippen molar-refractivity contribution in [3.8, 4) is 22.3 Å². The van der Waals surface area contributed by atoms with Crippen LogP contribution in [-0.4, -0.2) is 21.5 Å². The average molecular weight is 443 g/mol. The van der Waals surface area contributed by atoms with Crippen molar-refractivity contribution >= 4 is 23.5 Å². The van der Waals surface area contributed by atoms with E-state index < -0.39 is 0 Å². The number of imidazole rings is 1. The molecule has 2 aromatic heterocycles. The zero-order valence-corrected chi connectivity index (χ0v) is 19.8. The maximum absolute atomic E-state index is 10.7. The lowest BCUT2D eigenvalue weighted by Gasteiger charge is -2.12. The van der Waals surface area contributed by atoms with Gasteiger partial charge in [0.2, 0.25) is 6.41 Å². The molecule has 1 saturated carbocycles. The van der Waals surface area contributed by atoms with E-state index in [1.54, 1.807) is 6.20 Å². The van der Waals surface area contributed by atoms with Crippen molar-refractivity contribution in [2.75, 3.05) is 0 Å². The lowest BCUT2D eigenvalue weighted by atomic mass is 9.92. The second kappa shape index (κ2) is 9.45. The molecule has 0 saturated heterocycles. The van der Waals surface area contributed by atoms with Gasteiger partial charge in [-0.15, -0.1) is 0 Å². The number of aromatic amines is 1. The maximum atomic E-state index is 10.7. The van der Waals surface area contributed by atoms with Gasteiger partial charge in [-0.05, 0) is 74.1 Å². The lowest BCUT2D eigenvalue weighted by molar-refractivity contribution is -0.108. The van der Waals surface area contributed by atoms with Gasteiger partial charge in [-0.25, -0.2) is 4.98 Å². The molecule has 1 aliphatic carbocycles. The van der Waals surface area contributed by atoms with Crippen molar-refractivity contribution in [3.05, 3.63) is 64.9 Å². The first-order chi connectivity index (χ1) is 16.1. The number of aromatic nitrogens is 3. The van der Waals surface area contributed by atoms with Crippen LogP contribution in [0.2, 0.25) is 0 Å². The quantitative estimate of drug-likeness (QED) is 0.337. The van der Waals surface area contributed by atoms with Gasteiger partial charge in [-0.3, -0.25) is 4.79 Å². The molecule has 2 heterocycles. The highest BCUT2D eigenvalue weighted by atomic mass is 16.5. The Morgan fingerprint density at radius 2 is 1.91 bits per heavy atom. The SMILES string of the molecule is CC.Cc1cccc(-c2cc(-c3c(C)noc3C)cc3[nH]c(C4CC4)nc23)c1/C=C\NC=O. The molecule has 1 amide bonds. The second-order valence-electron chi connectivity index (χ2n) is 8.17. The minimum Gasteiger partial charge on any atom is -0.361 e. The van der Waals surface area contributed by atoms with Crippen LogP contribution in [0.4, 0.5) is 0 Å². The van der Waals surface area contributed by atoms with E-state index in [1.165, 1.54) is 12.8 Å². The van der Waals surface area contributed by atoms with Crippen LogP contribution >= 0.6 is 0 Å². The van der Waals surface area contributed by atoms with Crippen LogP contribution in [0.25, 0.3) is 39.4 Å². The predicted molar refractivity (Wildman–Crippen MR) is 133 cm³/mol. The summed E-state index contributed by atoms with van der Waals surface area (Å²) in [7, 11) is 0. The molecule has 5 rings (SSSR count). The van der Waals surface area contributed by atoms with Gasteiger partial charge in [0.1, 0.15) is 11.6 Å². The fourth-order valence-electron chi connectivity index (χ4n) is 4.24. The van der Waals surface area contributed by atoms with Gasteiger partial charge in [0.25, 0.3) is 0 Å². The van der Waals surface area contributed by atoms with Gasteiger partial charge in [-0.2, -0.15) is 0 Å². The summed E-state index contributed by atoms with van der Waals surface area (Å²) in [5, 5.41) is 6.76. The molecule has 0 atom stereocenters. The summed E-state index contributed by atoms with van der Waals surface area (Å²) in [6, 6.07) is 10.5. The van der Waals surface area contributed by atoms with Gasteiger partial charge in [0.05, 0.1) is 16.7 Å². The van der Waals surface area contributed by atoms with E-state index in [-0.39, 0.29) is 0 Å². The number of carbonyl (C=O) groups excluding carboxylic acids is 1. The normalized spacial score (nSPS) is 13.2. The molecule has 2 aromatic carbocycles. The van der Waals surface area contributed by atoms with Gasteiger partial charge in [0, 0.05) is 23.2 Å². The molecule has 0 spiro atoms. The number of benzene rings is 2. The average Bonchev–Trinajstić information content (AvgIpc) is 3.50.